The van der Waals surface area contributed by atoms with Gasteiger partial charge in [0.05, 0.1) is 11.6 Å². The smallest absolute Gasteiger partial charge is 0.142 e. The van der Waals surface area contributed by atoms with E-state index in [1.165, 1.54) is 0 Å². The number of pyridine rings is 2. The monoisotopic (exact) mass is 316 g/mol. The van der Waals surface area contributed by atoms with E-state index in [1.807, 2.05) is 24.3 Å². The van der Waals surface area contributed by atoms with Gasteiger partial charge in [0.1, 0.15) is 29.5 Å². The molecule has 118 valence electrons. The predicted molar refractivity (Wildman–Crippen MR) is 89.4 cm³/mol. The third-order valence-electron chi connectivity index (χ3n) is 4.89. The fraction of sp³-hybridized carbons (Fsp3) is 0.333. The van der Waals surface area contributed by atoms with Crippen molar-refractivity contribution in [2.45, 2.75) is 12.5 Å². The minimum absolute atomic E-state index is 0.392. The molecule has 6 nitrogen and oxygen atoms in total. The molecule has 2 aromatic rings. The van der Waals surface area contributed by atoms with Crippen LogP contribution in [0.25, 0.3) is 0 Å². The lowest BCUT2D eigenvalue weighted by Gasteiger charge is -2.26. The van der Waals surface area contributed by atoms with Crippen LogP contribution in [0.4, 0.5) is 11.6 Å². The van der Waals surface area contributed by atoms with Gasteiger partial charge < -0.3 is 9.80 Å². The lowest BCUT2D eigenvalue weighted by atomic mass is 10.1. The van der Waals surface area contributed by atoms with Gasteiger partial charge in [0, 0.05) is 31.7 Å². The zero-order valence-corrected chi connectivity index (χ0v) is 13.1. The standard InChI is InChI=1S/C18H16N6/c19-8-13-4-5-17(21-10-13)23-11-14-6-7-24(16(14)12-23)18-3-1-2-15(9-20)22-18/h1-5,10,14,16H,6-7,11-12H2. The summed E-state index contributed by atoms with van der Waals surface area (Å²) in [6, 6.07) is 13.9. The second kappa shape index (κ2) is 5.82. The number of fused-ring (bicyclic) bond motifs is 1. The van der Waals surface area contributed by atoms with Gasteiger partial charge in [-0.3, -0.25) is 0 Å². The maximum atomic E-state index is 9.06. The summed E-state index contributed by atoms with van der Waals surface area (Å²) in [5.41, 5.74) is 1.04. The van der Waals surface area contributed by atoms with Crippen LogP contribution in [0.1, 0.15) is 17.7 Å². The summed E-state index contributed by atoms with van der Waals surface area (Å²) in [4.78, 5) is 13.4. The summed E-state index contributed by atoms with van der Waals surface area (Å²) in [5, 5.41) is 17.9. The Balaban J connectivity index is 1.54. The lowest BCUT2D eigenvalue weighted by molar-refractivity contribution is 0.579. The third kappa shape index (κ3) is 2.43. The zero-order chi connectivity index (χ0) is 16.5. The Morgan fingerprint density at radius 1 is 1.04 bits per heavy atom. The van der Waals surface area contributed by atoms with Crippen LogP contribution in [-0.4, -0.2) is 35.6 Å². The molecule has 6 heteroatoms. The van der Waals surface area contributed by atoms with Crippen molar-refractivity contribution in [1.82, 2.24) is 9.97 Å². The average Bonchev–Trinajstić information content (AvgIpc) is 3.22. The number of aromatic nitrogens is 2. The Labute approximate surface area is 140 Å². The topological polar surface area (TPSA) is 79.8 Å². The van der Waals surface area contributed by atoms with Gasteiger partial charge in [0.15, 0.2) is 0 Å². The summed E-state index contributed by atoms with van der Waals surface area (Å²) < 4.78 is 0. The molecule has 4 heterocycles. The zero-order valence-electron chi connectivity index (χ0n) is 13.1. The molecule has 24 heavy (non-hydrogen) atoms. The molecule has 0 spiro atoms. The van der Waals surface area contributed by atoms with Crippen LogP contribution in [0.3, 0.4) is 0 Å². The van der Waals surface area contributed by atoms with Crippen molar-refractivity contribution < 1.29 is 0 Å². The van der Waals surface area contributed by atoms with Gasteiger partial charge in [-0.2, -0.15) is 10.5 Å². The average molecular weight is 316 g/mol. The highest BCUT2D eigenvalue weighted by atomic mass is 15.3. The van der Waals surface area contributed by atoms with Crippen molar-refractivity contribution in [1.29, 1.82) is 10.5 Å². The van der Waals surface area contributed by atoms with Crippen molar-refractivity contribution in [2.75, 3.05) is 29.4 Å². The second-order valence-electron chi connectivity index (χ2n) is 6.22. The summed E-state index contributed by atoms with van der Waals surface area (Å²) >= 11 is 0. The molecule has 2 atom stereocenters. The number of hydrogen-bond donors (Lipinski definition) is 0. The number of nitrogens with zero attached hydrogens (tertiary/aromatic N) is 6. The Morgan fingerprint density at radius 2 is 1.96 bits per heavy atom. The minimum Gasteiger partial charge on any atom is -0.354 e. The highest BCUT2D eigenvalue weighted by Crippen LogP contribution is 2.35. The molecule has 2 saturated heterocycles. The molecular formula is C18H16N6. The quantitative estimate of drug-likeness (QED) is 0.842. The first-order valence-electron chi connectivity index (χ1n) is 8.03. The van der Waals surface area contributed by atoms with Crippen LogP contribution in [0, 0.1) is 28.6 Å². The Bertz CT molecular complexity index is 832. The number of nitriles is 2. The minimum atomic E-state index is 0.392. The van der Waals surface area contributed by atoms with Crippen molar-refractivity contribution in [3.8, 4) is 12.1 Å². The van der Waals surface area contributed by atoms with E-state index in [-0.39, 0.29) is 0 Å². The van der Waals surface area contributed by atoms with Crippen molar-refractivity contribution in [3.63, 3.8) is 0 Å². The van der Waals surface area contributed by atoms with E-state index in [4.69, 9.17) is 10.5 Å². The maximum Gasteiger partial charge on any atom is 0.142 e. The van der Waals surface area contributed by atoms with E-state index in [1.54, 1.807) is 12.3 Å². The maximum absolute atomic E-state index is 9.06. The highest BCUT2D eigenvalue weighted by Gasteiger charge is 2.42. The molecule has 0 aliphatic carbocycles. The predicted octanol–water partition coefficient (Wildman–Crippen LogP) is 1.94. The first-order chi connectivity index (χ1) is 11.8. The van der Waals surface area contributed by atoms with Gasteiger partial charge >= 0.3 is 0 Å². The normalized spacial score (nSPS) is 22.1. The largest absolute Gasteiger partial charge is 0.354 e. The Morgan fingerprint density at radius 3 is 2.71 bits per heavy atom. The van der Waals surface area contributed by atoms with Gasteiger partial charge in [-0.25, -0.2) is 9.97 Å². The van der Waals surface area contributed by atoms with Crippen LogP contribution in [0.2, 0.25) is 0 Å². The molecule has 2 unspecified atom stereocenters. The molecule has 0 saturated carbocycles. The molecule has 0 radical (unpaired) electrons. The van der Waals surface area contributed by atoms with Crippen LogP contribution in [0.5, 0.6) is 0 Å². The molecule has 2 aromatic heterocycles. The second-order valence-corrected chi connectivity index (χ2v) is 6.22. The molecule has 0 N–H and O–H groups in total. The molecule has 4 rings (SSSR count). The van der Waals surface area contributed by atoms with Gasteiger partial charge in [0.2, 0.25) is 0 Å². The van der Waals surface area contributed by atoms with Gasteiger partial charge in [-0.15, -0.1) is 0 Å². The molecule has 2 aliphatic heterocycles. The first kappa shape index (κ1) is 14.5. The highest BCUT2D eigenvalue weighted by molar-refractivity contribution is 5.49. The van der Waals surface area contributed by atoms with Gasteiger partial charge in [-0.05, 0) is 30.7 Å². The lowest BCUT2D eigenvalue weighted by Crippen LogP contribution is -2.36. The fourth-order valence-electron chi connectivity index (χ4n) is 3.72. The number of anilines is 2. The van der Waals surface area contributed by atoms with Crippen LogP contribution in [0.15, 0.2) is 36.5 Å². The molecule has 0 amide bonds. The van der Waals surface area contributed by atoms with Crippen molar-refractivity contribution in [2.24, 2.45) is 5.92 Å². The van der Waals surface area contributed by atoms with Crippen LogP contribution < -0.4 is 9.80 Å². The fourth-order valence-corrected chi connectivity index (χ4v) is 3.72. The van der Waals surface area contributed by atoms with E-state index < -0.39 is 0 Å². The molecule has 0 aromatic carbocycles. The summed E-state index contributed by atoms with van der Waals surface area (Å²) in [5.74, 6) is 2.38. The van der Waals surface area contributed by atoms with Crippen LogP contribution >= 0.6 is 0 Å². The number of hydrogen-bond acceptors (Lipinski definition) is 6. The van der Waals surface area contributed by atoms with E-state index in [0.29, 0.717) is 23.2 Å². The van der Waals surface area contributed by atoms with E-state index in [2.05, 4.69) is 31.9 Å². The first-order valence-corrected chi connectivity index (χ1v) is 8.03. The summed E-state index contributed by atoms with van der Waals surface area (Å²) in [6.45, 7) is 2.84. The van der Waals surface area contributed by atoms with E-state index in [9.17, 15) is 0 Å². The third-order valence-corrected chi connectivity index (χ3v) is 4.89. The van der Waals surface area contributed by atoms with Crippen molar-refractivity contribution >= 4 is 11.6 Å². The summed E-state index contributed by atoms with van der Waals surface area (Å²) in [7, 11) is 0. The van der Waals surface area contributed by atoms with E-state index >= 15 is 0 Å². The van der Waals surface area contributed by atoms with E-state index in [0.717, 1.165) is 37.7 Å². The SMILES string of the molecule is N#Cc1ccc(N2CC3CCN(c4cccc(C#N)n4)C3C2)nc1. The Kier molecular flexibility index (Phi) is 3.51. The molecule has 2 aliphatic rings. The summed E-state index contributed by atoms with van der Waals surface area (Å²) in [6.07, 6.45) is 2.75. The Hall–Kier alpha value is -3.12. The van der Waals surface area contributed by atoms with Crippen LogP contribution in [-0.2, 0) is 0 Å². The van der Waals surface area contributed by atoms with Gasteiger partial charge in [-0.1, -0.05) is 6.07 Å². The molecule has 2 fully saturated rings. The van der Waals surface area contributed by atoms with Gasteiger partial charge in [0.25, 0.3) is 0 Å². The number of rotatable bonds is 2. The molecule has 0 bridgehead atoms. The van der Waals surface area contributed by atoms with Crippen molar-refractivity contribution in [3.05, 3.63) is 47.8 Å². The molecular weight excluding hydrogens is 300 g/mol.